The van der Waals surface area contributed by atoms with E-state index in [1.165, 1.54) is 5.56 Å². The van der Waals surface area contributed by atoms with Crippen LogP contribution in [0, 0.1) is 11.3 Å². The van der Waals surface area contributed by atoms with Gasteiger partial charge in [-0.1, -0.05) is 25.1 Å². The van der Waals surface area contributed by atoms with E-state index in [1.807, 2.05) is 25.2 Å². The van der Waals surface area contributed by atoms with Crippen molar-refractivity contribution in [2.75, 3.05) is 16.7 Å². The van der Waals surface area contributed by atoms with E-state index < -0.39 is 0 Å². The van der Waals surface area contributed by atoms with Crippen LogP contribution >= 0.6 is 11.9 Å². The van der Waals surface area contributed by atoms with Gasteiger partial charge in [0.15, 0.2) is 0 Å². The number of anilines is 2. The van der Waals surface area contributed by atoms with Gasteiger partial charge in [0.2, 0.25) is 0 Å². The standard InChI is InChI=1S/C23H21N3OS/c1-3-17-9-13-21(14-10-17)26(2)28-22-6-4-5-19(15-22)23(27)25-20-11-7-18(16-24)8-12-20/h4-15H,3H2,1-2H3,(H,25,27). The molecular formula is C23H21N3OS. The lowest BCUT2D eigenvalue weighted by Crippen LogP contribution is -2.12. The minimum absolute atomic E-state index is 0.179. The van der Waals surface area contributed by atoms with E-state index in [1.54, 1.807) is 42.3 Å². The van der Waals surface area contributed by atoms with Gasteiger partial charge in [-0.15, -0.1) is 0 Å². The van der Waals surface area contributed by atoms with Crippen LogP contribution in [0.3, 0.4) is 0 Å². The number of benzene rings is 3. The molecule has 0 saturated carbocycles. The summed E-state index contributed by atoms with van der Waals surface area (Å²) in [5, 5.41) is 11.7. The largest absolute Gasteiger partial charge is 0.322 e. The molecule has 0 fully saturated rings. The highest BCUT2D eigenvalue weighted by Crippen LogP contribution is 2.28. The fourth-order valence-corrected chi connectivity index (χ4v) is 3.54. The first-order chi connectivity index (χ1) is 13.6. The SMILES string of the molecule is CCc1ccc(N(C)Sc2cccc(C(=O)Nc3ccc(C#N)cc3)c2)cc1. The molecule has 0 aromatic heterocycles. The van der Waals surface area contributed by atoms with Gasteiger partial charge in [0.1, 0.15) is 0 Å². The Labute approximate surface area is 169 Å². The number of nitrogens with one attached hydrogen (secondary N) is 1. The van der Waals surface area contributed by atoms with Gasteiger partial charge in [-0.05, 0) is 78.5 Å². The van der Waals surface area contributed by atoms with Crippen LogP contribution in [0.5, 0.6) is 0 Å². The summed E-state index contributed by atoms with van der Waals surface area (Å²) < 4.78 is 2.08. The molecule has 0 spiro atoms. The normalized spacial score (nSPS) is 10.2. The maximum atomic E-state index is 12.5. The second-order valence-electron chi connectivity index (χ2n) is 6.28. The number of hydrogen-bond donors (Lipinski definition) is 1. The first-order valence-electron chi connectivity index (χ1n) is 9.01. The number of amides is 1. The van der Waals surface area contributed by atoms with Crippen molar-refractivity contribution in [3.63, 3.8) is 0 Å². The molecule has 0 heterocycles. The summed E-state index contributed by atoms with van der Waals surface area (Å²) >= 11 is 1.57. The van der Waals surface area contributed by atoms with E-state index in [2.05, 4.69) is 46.9 Å². The first kappa shape index (κ1) is 19.5. The summed E-state index contributed by atoms with van der Waals surface area (Å²) in [5.74, 6) is -0.179. The molecule has 0 atom stereocenters. The van der Waals surface area contributed by atoms with Gasteiger partial charge >= 0.3 is 0 Å². The molecular weight excluding hydrogens is 366 g/mol. The Balaban J connectivity index is 1.68. The van der Waals surface area contributed by atoms with Gasteiger partial charge in [0, 0.05) is 28.9 Å². The lowest BCUT2D eigenvalue weighted by atomic mass is 10.1. The number of nitriles is 1. The molecule has 28 heavy (non-hydrogen) atoms. The van der Waals surface area contributed by atoms with Gasteiger partial charge in [0.05, 0.1) is 11.6 Å². The molecule has 0 saturated heterocycles. The molecule has 0 aliphatic heterocycles. The summed E-state index contributed by atoms with van der Waals surface area (Å²) in [6, 6.07) is 24.9. The lowest BCUT2D eigenvalue weighted by molar-refractivity contribution is 0.102. The van der Waals surface area contributed by atoms with Crippen LogP contribution in [0.4, 0.5) is 11.4 Å². The van der Waals surface area contributed by atoms with Crippen LogP contribution in [-0.4, -0.2) is 13.0 Å². The fourth-order valence-electron chi connectivity index (χ4n) is 2.68. The fraction of sp³-hybridized carbons (Fsp3) is 0.130. The maximum Gasteiger partial charge on any atom is 0.255 e. The zero-order valence-corrected chi connectivity index (χ0v) is 16.7. The van der Waals surface area contributed by atoms with Crippen molar-refractivity contribution in [1.82, 2.24) is 0 Å². The highest BCUT2D eigenvalue weighted by Gasteiger charge is 2.09. The minimum atomic E-state index is -0.179. The van der Waals surface area contributed by atoms with Crippen molar-refractivity contribution in [2.45, 2.75) is 18.2 Å². The third-order valence-electron chi connectivity index (χ3n) is 4.32. The zero-order valence-electron chi connectivity index (χ0n) is 15.8. The molecule has 1 amide bonds. The smallest absolute Gasteiger partial charge is 0.255 e. The Bertz CT molecular complexity index is 992. The molecule has 140 valence electrons. The molecule has 5 heteroatoms. The highest BCUT2D eigenvalue weighted by atomic mass is 32.2. The van der Waals surface area contributed by atoms with Crippen LogP contribution in [0.25, 0.3) is 0 Å². The summed E-state index contributed by atoms with van der Waals surface area (Å²) in [6.07, 6.45) is 1.02. The summed E-state index contributed by atoms with van der Waals surface area (Å²) in [5.41, 5.74) is 4.23. The van der Waals surface area contributed by atoms with Gasteiger partial charge < -0.3 is 9.62 Å². The zero-order chi connectivity index (χ0) is 19.9. The van der Waals surface area contributed by atoms with E-state index in [-0.39, 0.29) is 5.91 Å². The molecule has 0 bridgehead atoms. The quantitative estimate of drug-likeness (QED) is 0.566. The van der Waals surface area contributed by atoms with Crippen molar-refractivity contribution in [2.24, 2.45) is 0 Å². The molecule has 0 radical (unpaired) electrons. The van der Waals surface area contributed by atoms with E-state index in [4.69, 9.17) is 5.26 Å². The van der Waals surface area contributed by atoms with Crippen LogP contribution in [0.15, 0.2) is 77.7 Å². The van der Waals surface area contributed by atoms with Gasteiger partial charge in [-0.25, -0.2) is 0 Å². The molecule has 4 nitrogen and oxygen atoms in total. The Kier molecular flexibility index (Phi) is 6.36. The average Bonchev–Trinajstić information content (AvgIpc) is 2.74. The first-order valence-corrected chi connectivity index (χ1v) is 9.78. The Morgan fingerprint density at radius 3 is 2.43 bits per heavy atom. The number of carbonyl (C=O) groups excluding carboxylic acids is 1. The van der Waals surface area contributed by atoms with Crippen molar-refractivity contribution in [3.05, 3.63) is 89.5 Å². The Hall–Kier alpha value is -3.23. The van der Waals surface area contributed by atoms with Crippen molar-refractivity contribution < 1.29 is 4.79 Å². The van der Waals surface area contributed by atoms with Crippen LogP contribution in [0.1, 0.15) is 28.4 Å². The summed E-state index contributed by atoms with van der Waals surface area (Å²) in [6.45, 7) is 2.14. The van der Waals surface area contributed by atoms with Crippen molar-refractivity contribution >= 4 is 29.2 Å². The molecule has 3 aromatic carbocycles. The third kappa shape index (κ3) is 4.93. The van der Waals surface area contributed by atoms with Crippen molar-refractivity contribution in [1.29, 1.82) is 5.26 Å². The highest BCUT2D eigenvalue weighted by molar-refractivity contribution is 8.00. The number of nitrogens with zero attached hydrogens (tertiary/aromatic N) is 2. The van der Waals surface area contributed by atoms with Crippen LogP contribution in [0.2, 0.25) is 0 Å². The van der Waals surface area contributed by atoms with Gasteiger partial charge in [-0.3, -0.25) is 4.79 Å². The predicted octanol–water partition coefficient (Wildman–Crippen LogP) is 5.52. The van der Waals surface area contributed by atoms with Gasteiger partial charge in [-0.2, -0.15) is 5.26 Å². The molecule has 0 unspecified atom stereocenters. The summed E-state index contributed by atoms with van der Waals surface area (Å²) in [7, 11) is 2.01. The Morgan fingerprint density at radius 1 is 1.07 bits per heavy atom. The average molecular weight is 388 g/mol. The van der Waals surface area contributed by atoms with E-state index in [9.17, 15) is 4.79 Å². The maximum absolute atomic E-state index is 12.5. The Morgan fingerprint density at radius 2 is 1.79 bits per heavy atom. The molecule has 3 aromatic rings. The van der Waals surface area contributed by atoms with E-state index in [0.29, 0.717) is 16.8 Å². The number of rotatable bonds is 6. The number of aryl methyl sites for hydroxylation is 1. The second-order valence-corrected chi connectivity index (χ2v) is 7.48. The van der Waals surface area contributed by atoms with Gasteiger partial charge in [0.25, 0.3) is 5.91 Å². The predicted molar refractivity (Wildman–Crippen MR) is 116 cm³/mol. The molecule has 0 aliphatic carbocycles. The minimum Gasteiger partial charge on any atom is -0.322 e. The monoisotopic (exact) mass is 387 g/mol. The topological polar surface area (TPSA) is 56.1 Å². The summed E-state index contributed by atoms with van der Waals surface area (Å²) in [4.78, 5) is 13.5. The molecule has 1 N–H and O–H groups in total. The van der Waals surface area contributed by atoms with E-state index in [0.717, 1.165) is 17.0 Å². The second kappa shape index (κ2) is 9.12. The third-order valence-corrected chi connectivity index (χ3v) is 5.27. The number of carbonyl (C=O) groups is 1. The van der Waals surface area contributed by atoms with Crippen molar-refractivity contribution in [3.8, 4) is 6.07 Å². The lowest BCUT2D eigenvalue weighted by Gasteiger charge is -2.18. The number of hydrogen-bond acceptors (Lipinski definition) is 4. The molecule has 3 rings (SSSR count). The molecule has 0 aliphatic rings. The van der Waals surface area contributed by atoms with Crippen LogP contribution in [-0.2, 0) is 6.42 Å². The van der Waals surface area contributed by atoms with Crippen LogP contribution < -0.4 is 9.62 Å². The van der Waals surface area contributed by atoms with E-state index >= 15 is 0 Å².